The summed E-state index contributed by atoms with van der Waals surface area (Å²) in [5.41, 5.74) is 3.69. The number of nitrogens with zero attached hydrogens (tertiary/aromatic N) is 5. The van der Waals surface area contributed by atoms with Gasteiger partial charge in [-0.1, -0.05) is 24.6 Å². The van der Waals surface area contributed by atoms with Gasteiger partial charge < -0.3 is 9.47 Å². The molecule has 8 heteroatoms. The zero-order valence-corrected chi connectivity index (χ0v) is 18.3. The van der Waals surface area contributed by atoms with Crippen LogP contribution in [0.5, 0.6) is 0 Å². The van der Waals surface area contributed by atoms with Crippen molar-refractivity contribution in [3.63, 3.8) is 0 Å². The summed E-state index contributed by atoms with van der Waals surface area (Å²) in [5.74, 6) is 0.699. The molecule has 162 valence electrons. The van der Waals surface area contributed by atoms with Gasteiger partial charge in [0.2, 0.25) is 0 Å². The van der Waals surface area contributed by atoms with Crippen molar-refractivity contribution in [1.82, 2.24) is 19.5 Å². The minimum absolute atomic E-state index is 0.131. The van der Waals surface area contributed by atoms with Crippen LogP contribution in [0, 0.1) is 18.6 Å². The summed E-state index contributed by atoms with van der Waals surface area (Å²) in [6, 6.07) is 11.3. The second kappa shape index (κ2) is 7.98. The lowest BCUT2D eigenvalue weighted by atomic mass is 10.1. The van der Waals surface area contributed by atoms with Gasteiger partial charge in [-0.2, -0.15) is 0 Å². The van der Waals surface area contributed by atoms with E-state index in [9.17, 15) is 8.78 Å². The summed E-state index contributed by atoms with van der Waals surface area (Å²) >= 11 is 6.53. The monoisotopic (exact) mass is 451 g/mol. The first kappa shape index (κ1) is 20.6. The van der Waals surface area contributed by atoms with E-state index in [0.29, 0.717) is 35.4 Å². The summed E-state index contributed by atoms with van der Waals surface area (Å²) in [4.78, 5) is 15.4. The van der Waals surface area contributed by atoms with E-state index in [1.54, 1.807) is 35.3 Å². The van der Waals surface area contributed by atoms with Gasteiger partial charge in [0, 0.05) is 36.3 Å². The first-order valence-electron chi connectivity index (χ1n) is 10.3. The van der Waals surface area contributed by atoms with Crippen molar-refractivity contribution in [2.24, 2.45) is 0 Å². The Morgan fingerprint density at radius 1 is 1.09 bits per heavy atom. The van der Waals surface area contributed by atoms with Gasteiger partial charge in [-0.05, 0) is 48.9 Å². The smallest absolute Gasteiger partial charge is 0.147 e. The van der Waals surface area contributed by atoms with Gasteiger partial charge in [-0.25, -0.2) is 23.7 Å². The topological polar surface area (TPSA) is 46.8 Å². The van der Waals surface area contributed by atoms with Crippen LogP contribution in [0.4, 0.5) is 20.3 Å². The van der Waals surface area contributed by atoms with Crippen molar-refractivity contribution < 1.29 is 8.78 Å². The predicted molar refractivity (Wildman–Crippen MR) is 120 cm³/mol. The van der Waals surface area contributed by atoms with E-state index in [0.717, 1.165) is 22.5 Å². The average Bonchev–Trinajstić information content (AvgIpc) is 3.32. The molecule has 1 aliphatic rings. The van der Waals surface area contributed by atoms with Crippen molar-refractivity contribution in [2.75, 3.05) is 11.4 Å². The second-order valence-corrected chi connectivity index (χ2v) is 8.40. The fraction of sp³-hybridized carbons (Fsp3) is 0.208. The van der Waals surface area contributed by atoms with Crippen LogP contribution >= 0.6 is 11.6 Å². The molecule has 0 unspecified atom stereocenters. The highest BCUT2D eigenvalue weighted by Crippen LogP contribution is 2.42. The standard InChI is InChI=1S/C24H20ClF2N5/c1-14-11-32(18-6-4-17(26)5-7-18)24-22(14)23(25)29-21(30-24)10-16-3-8-20(19(27)9-16)31-12-15(2)28-13-31/h3-9,12-14H,10-11H2,1-2H3/t14-/m0/s1. The SMILES string of the molecule is Cc1cn(-c2ccc(Cc3nc(Cl)c4c(n3)N(c3ccc(F)cc3)C[C@@H]4C)cc2F)cn1. The molecule has 0 saturated carbocycles. The molecule has 32 heavy (non-hydrogen) atoms. The van der Waals surface area contributed by atoms with E-state index in [-0.39, 0.29) is 17.6 Å². The Morgan fingerprint density at radius 3 is 2.56 bits per heavy atom. The molecule has 0 fully saturated rings. The molecule has 4 aromatic rings. The van der Waals surface area contributed by atoms with Gasteiger partial charge >= 0.3 is 0 Å². The van der Waals surface area contributed by atoms with Crippen LogP contribution in [-0.4, -0.2) is 26.1 Å². The van der Waals surface area contributed by atoms with E-state index in [2.05, 4.69) is 16.9 Å². The van der Waals surface area contributed by atoms with Crippen molar-refractivity contribution in [2.45, 2.75) is 26.2 Å². The van der Waals surface area contributed by atoms with Gasteiger partial charge in [0.25, 0.3) is 0 Å². The maximum absolute atomic E-state index is 14.8. The quantitative estimate of drug-likeness (QED) is 0.371. The van der Waals surface area contributed by atoms with Crippen molar-refractivity contribution in [1.29, 1.82) is 0 Å². The molecular weight excluding hydrogens is 432 g/mol. The zero-order valence-electron chi connectivity index (χ0n) is 17.6. The number of benzene rings is 2. The fourth-order valence-corrected chi connectivity index (χ4v) is 4.46. The first-order valence-corrected chi connectivity index (χ1v) is 10.7. The molecule has 2 aromatic carbocycles. The lowest BCUT2D eigenvalue weighted by Gasteiger charge is -2.19. The largest absolute Gasteiger partial charge is 0.325 e. The maximum Gasteiger partial charge on any atom is 0.147 e. The minimum atomic E-state index is -0.353. The molecule has 0 spiro atoms. The van der Waals surface area contributed by atoms with Gasteiger partial charge in [-0.3, -0.25) is 0 Å². The highest BCUT2D eigenvalue weighted by Gasteiger charge is 2.32. The number of aryl methyl sites for hydroxylation is 1. The molecule has 3 heterocycles. The molecule has 0 radical (unpaired) electrons. The van der Waals surface area contributed by atoms with Crippen LogP contribution in [-0.2, 0) is 6.42 Å². The van der Waals surface area contributed by atoms with Gasteiger partial charge in [-0.15, -0.1) is 0 Å². The highest BCUT2D eigenvalue weighted by atomic mass is 35.5. The van der Waals surface area contributed by atoms with Crippen LogP contribution in [0.2, 0.25) is 5.15 Å². The molecule has 1 atom stereocenters. The Labute approximate surface area is 189 Å². The fourth-order valence-electron chi connectivity index (χ4n) is 4.09. The molecular formula is C24H20ClF2N5. The number of hydrogen-bond donors (Lipinski definition) is 0. The number of rotatable bonds is 4. The van der Waals surface area contributed by atoms with E-state index in [1.807, 2.05) is 17.9 Å². The number of halogens is 3. The predicted octanol–water partition coefficient (Wildman–Crippen LogP) is 5.75. The third-order valence-electron chi connectivity index (χ3n) is 5.63. The van der Waals surface area contributed by atoms with E-state index < -0.39 is 0 Å². The summed E-state index contributed by atoms with van der Waals surface area (Å²) in [7, 11) is 0. The molecule has 0 N–H and O–H groups in total. The molecule has 0 saturated heterocycles. The molecule has 2 aromatic heterocycles. The van der Waals surface area contributed by atoms with E-state index >= 15 is 0 Å². The van der Waals surface area contributed by atoms with Gasteiger partial charge in [0.15, 0.2) is 0 Å². The van der Waals surface area contributed by atoms with Crippen LogP contribution in [0.25, 0.3) is 5.69 Å². The Kier molecular flexibility index (Phi) is 5.13. The summed E-state index contributed by atoms with van der Waals surface area (Å²) in [6.45, 7) is 4.59. The first-order chi connectivity index (χ1) is 15.4. The lowest BCUT2D eigenvalue weighted by Crippen LogP contribution is -2.16. The van der Waals surface area contributed by atoms with Crippen LogP contribution in [0.15, 0.2) is 55.0 Å². The number of fused-ring (bicyclic) bond motifs is 1. The van der Waals surface area contributed by atoms with Gasteiger partial charge in [0.05, 0.1) is 17.7 Å². The summed E-state index contributed by atoms with van der Waals surface area (Å²) < 4.78 is 29.8. The third-order valence-corrected chi connectivity index (χ3v) is 5.92. The second-order valence-electron chi connectivity index (χ2n) is 8.04. The molecule has 0 aliphatic carbocycles. The summed E-state index contributed by atoms with van der Waals surface area (Å²) in [5, 5.41) is 0.396. The minimum Gasteiger partial charge on any atom is -0.325 e. The number of hydrogen-bond acceptors (Lipinski definition) is 4. The lowest BCUT2D eigenvalue weighted by molar-refractivity contribution is 0.616. The number of aromatic nitrogens is 4. The maximum atomic E-state index is 14.8. The molecule has 0 amide bonds. The summed E-state index contributed by atoms with van der Waals surface area (Å²) in [6.07, 6.45) is 3.69. The van der Waals surface area contributed by atoms with Crippen molar-refractivity contribution >= 4 is 23.1 Å². The Balaban J connectivity index is 1.47. The molecule has 1 aliphatic heterocycles. The normalized spacial score (nSPS) is 15.3. The third kappa shape index (κ3) is 3.73. The number of imidazole rings is 1. The molecule has 5 rings (SSSR count). The Bertz CT molecular complexity index is 1300. The van der Waals surface area contributed by atoms with Crippen LogP contribution < -0.4 is 4.90 Å². The molecule has 5 nitrogen and oxygen atoms in total. The highest BCUT2D eigenvalue weighted by molar-refractivity contribution is 6.30. The van der Waals surface area contributed by atoms with E-state index in [4.69, 9.17) is 16.6 Å². The average molecular weight is 452 g/mol. The zero-order chi connectivity index (χ0) is 22.4. The Hall–Kier alpha value is -3.32. The number of anilines is 2. The van der Waals surface area contributed by atoms with Crippen LogP contribution in [0.3, 0.4) is 0 Å². The van der Waals surface area contributed by atoms with Crippen molar-refractivity contribution in [3.8, 4) is 5.69 Å². The van der Waals surface area contributed by atoms with Crippen molar-refractivity contribution in [3.05, 3.63) is 94.4 Å². The van der Waals surface area contributed by atoms with E-state index in [1.165, 1.54) is 18.2 Å². The van der Waals surface area contributed by atoms with Gasteiger partial charge in [0.1, 0.15) is 28.4 Å². The molecule has 0 bridgehead atoms. The Morgan fingerprint density at radius 2 is 1.88 bits per heavy atom. The van der Waals surface area contributed by atoms with Crippen LogP contribution in [0.1, 0.15) is 35.5 Å².